The number of nitrogens with zero attached hydrogens (tertiary/aromatic N) is 7. The fourth-order valence-electron chi connectivity index (χ4n) is 5.24. The van der Waals surface area contributed by atoms with Gasteiger partial charge in [0.05, 0.1) is 42.6 Å². The van der Waals surface area contributed by atoms with Gasteiger partial charge >= 0.3 is 6.09 Å². The third-order valence-electron chi connectivity index (χ3n) is 7.30. The van der Waals surface area contributed by atoms with Gasteiger partial charge in [0, 0.05) is 42.5 Å². The first-order valence-corrected chi connectivity index (χ1v) is 13.6. The van der Waals surface area contributed by atoms with Gasteiger partial charge in [0.15, 0.2) is 11.4 Å². The van der Waals surface area contributed by atoms with Gasteiger partial charge in [0.25, 0.3) is 0 Å². The van der Waals surface area contributed by atoms with Crippen LogP contribution in [-0.2, 0) is 11.2 Å². The first kappa shape index (κ1) is 27.2. The minimum Gasteiger partial charge on any atom is -0.450 e. The number of hydrogen-bond acceptors (Lipinski definition) is 7. The molecule has 0 radical (unpaired) electrons. The molecule has 0 bridgehead atoms. The van der Waals surface area contributed by atoms with Crippen molar-refractivity contribution in [2.45, 2.75) is 32.2 Å². The summed E-state index contributed by atoms with van der Waals surface area (Å²) in [5.74, 6) is -1.35. The molecule has 0 aliphatic carbocycles. The molecule has 0 saturated carbocycles. The highest BCUT2D eigenvalue weighted by Crippen LogP contribution is 2.35. The number of likely N-dealkylation sites (tertiary alicyclic amines) is 1. The Morgan fingerprint density at radius 1 is 1.02 bits per heavy atom. The van der Waals surface area contributed by atoms with Gasteiger partial charge in [0.1, 0.15) is 11.5 Å². The number of hydrogen-bond donors (Lipinski definition) is 0. The molecule has 0 atom stereocenters. The van der Waals surface area contributed by atoms with E-state index in [0.717, 1.165) is 17.3 Å². The highest BCUT2D eigenvalue weighted by atomic mass is 19.1. The number of ether oxygens (including phenoxy) is 1. The summed E-state index contributed by atoms with van der Waals surface area (Å²) < 4.78 is 36.1. The van der Waals surface area contributed by atoms with Gasteiger partial charge in [0.2, 0.25) is 5.95 Å². The maximum atomic E-state index is 13.7. The van der Waals surface area contributed by atoms with Crippen LogP contribution in [0.4, 0.5) is 13.6 Å². The number of imidazole rings is 2. The van der Waals surface area contributed by atoms with Crippen LogP contribution in [0.3, 0.4) is 0 Å². The van der Waals surface area contributed by atoms with Crippen LogP contribution in [0.5, 0.6) is 0 Å². The van der Waals surface area contributed by atoms with Crippen LogP contribution in [0, 0.1) is 11.8 Å². The molecule has 1 saturated heterocycles. The molecule has 10 nitrogen and oxygen atoms in total. The van der Waals surface area contributed by atoms with Crippen LogP contribution in [0.15, 0.2) is 67.3 Å². The van der Waals surface area contributed by atoms with E-state index in [1.54, 1.807) is 47.1 Å². The normalized spacial score (nSPS) is 13.9. The second-order valence-corrected chi connectivity index (χ2v) is 9.99. The summed E-state index contributed by atoms with van der Waals surface area (Å²) in [5, 5.41) is 4.81. The number of halogens is 2. The van der Waals surface area contributed by atoms with Crippen LogP contribution in [-0.4, -0.2) is 65.6 Å². The first-order chi connectivity index (χ1) is 20.4. The average molecular weight is 572 g/mol. The number of rotatable bonds is 7. The Hall–Kier alpha value is -5.00. The van der Waals surface area contributed by atoms with Crippen molar-refractivity contribution >= 4 is 17.5 Å². The van der Waals surface area contributed by atoms with Crippen LogP contribution in [0.25, 0.3) is 28.3 Å². The summed E-state index contributed by atoms with van der Waals surface area (Å²) in [4.78, 5) is 39.4. The largest absolute Gasteiger partial charge is 0.450 e. The van der Waals surface area contributed by atoms with Crippen LogP contribution in [0.1, 0.15) is 41.9 Å². The lowest BCUT2D eigenvalue weighted by molar-refractivity contribution is 0.0927. The molecule has 1 fully saturated rings. The number of amides is 1. The maximum Gasteiger partial charge on any atom is 0.409 e. The lowest BCUT2D eigenvalue weighted by Gasteiger charge is -2.32. The summed E-state index contributed by atoms with van der Waals surface area (Å²) in [6, 6.07) is 12.4. The summed E-state index contributed by atoms with van der Waals surface area (Å²) >= 11 is 0. The van der Waals surface area contributed by atoms with Gasteiger partial charge in [-0.3, -0.25) is 4.79 Å². The molecule has 5 aromatic rings. The van der Waals surface area contributed by atoms with Gasteiger partial charge in [-0.25, -0.2) is 28.7 Å². The standard InChI is InChI=1S/C30H27F2N7O3/c1-2-42-30(41)37-13-10-23(11-14-37)38-18-34-28(19-3-5-21(31)6-4-19)29(38)24-7-8-27-35-22(17-39(27)36-24)16-25(40)20-9-12-33-26(32)15-20/h3-9,12,15,17-18,23H,2,10-11,13-14,16H2,1H3. The molecular formula is C30H27F2N7O3. The average Bonchev–Trinajstić information content (AvgIpc) is 3.61. The third kappa shape index (κ3) is 5.47. The van der Waals surface area contributed by atoms with Gasteiger partial charge in [-0.1, -0.05) is 0 Å². The number of carbonyl (C=O) groups is 2. The Labute approximate surface area is 239 Å². The Morgan fingerprint density at radius 2 is 1.81 bits per heavy atom. The second-order valence-electron chi connectivity index (χ2n) is 9.99. The van der Waals surface area contributed by atoms with Crippen molar-refractivity contribution < 1.29 is 23.1 Å². The second kappa shape index (κ2) is 11.5. The fourth-order valence-corrected chi connectivity index (χ4v) is 5.24. The third-order valence-corrected chi connectivity index (χ3v) is 7.30. The summed E-state index contributed by atoms with van der Waals surface area (Å²) in [7, 11) is 0. The van der Waals surface area contributed by atoms with Crippen LogP contribution < -0.4 is 0 Å². The fraction of sp³-hybridized carbons (Fsp3) is 0.267. The minimum absolute atomic E-state index is 0.0278. The van der Waals surface area contributed by atoms with E-state index in [9.17, 15) is 18.4 Å². The van der Waals surface area contributed by atoms with E-state index in [0.29, 0.717) is 55.3 Å². The summed E-state index contributed by atoms with van der Waals surface area (Å²) in [6.45, 7) is 3.19. The molecule has 4 aromatic heterocycles. The predicted octanol–water partition coefficient (Wildman–Crippen LogP) is 5.15. The van der Waals surface area contributed by atoms with Gasteiger partial charge in [-0.15, -0.1) is 0 Å². The molecule has 12 heteroatoms. The first-order valence-electron chi connectivity index (χ1n) is 13.6. The highest BCUT2D eigenvalue weighted by molar-refractivity contribution is 5.97. The molecule has 1 amide bonds. The molecule has 0 spiro atoms. The Kier molecular flexibility index (Phi) is 7.43. The van der Waals surface area contributed by atoms with Crippen molar-refractivity contribution in [1.82, 2.24) is 34.0 Å². The molecule has 6 rings (SSSR count). The Morgan fingerprint density at radius 3 is 2.55 bits per heavy atom. The molecular weight excluding hydrogens is 544 g/mol. The smallest absolute Gasteiger partial charge is 0.409 e. The molecule has 1 aliphatic rings. The number of benzene rings is 1. The van der Waals surface area contributed by atoms with Crippen molar-refractivity contribution in [3.8, 4) is 22.6 Å². The topological polar surface area (TPSA) is 108 Å². The van der Waals surface area contributed by atoms with E-state index in [-0.39, 0.29) is 35.7 Å². The molecule has 5 heterocycles. The predicted molar refractivity (Wildman–Crippen MR) is 149 cm³/mol. The number of carbonyl (C=O) groups excluding carboxylic acids is 2. The molecule has 0 unspecified atom stereocenters. The number of fused-ring (bicyclic) bond motifs is 1. The van der Waals surface area contributed by atoms with E-state index in [1.807, 2.05) is 6.07 Å². The number of Topliss-reactive ketones (excluding diaryl/α,β-unsaturated/α-hetero) is 1. The molecule has 214 valence electrons. The number of piperidine rings is 1. The van der Waals surface area contributed by atoms with Crippen LogP contribution >= 0.6 is 0 Å². The minimum atomic E-state index is -0.720. The molecule has 0 N–H and O–H groups in total. The molecule has 1 aliphatic heterocycles. The van der Waals surface area contributed by atoms with E-state index in [1.165, 1.54) is 24.4 Å². The number of aromatic nitrogens is 6. The zero-order chi connectivity index (χ0) is 29.2. The quantitative estimate of drug-likeness (QED) is 0.196. The van der Waals surface area contributed by atoms with E-state index in [4.69, 9.17) is 14.8 Å². The van der Waals surface area contributed by atoms with Crippen molar-refractivity contribution in [2.75, 3.05) is 19.7 Å². The lowest BCUT2D eigenvalue weighted by Crippen LogP contribution is -2.39. The Bertz CT molecular complexity index is 1760. The summed E-state index contributed by atoms with van der Waals surface area (Å²) in [5.41, 5.74) is 3.98. The van der Waals surface area contributed by atoms with Gasteiger partial charge in [-0.2, -0.15) is 9.49 Å². The van der Waals surface area contributed by atoms with E-state index < -0.39 is 5.95 Å². The monoisotopic (exact) mass is 571 g/mol. The van der Waals surface area contributed by atoms with Crippen LogP contribution in [0.2, 0.25) is 0 Å². The molecule has 1 aromatic carbocycles. The maximum absolute atomic E-state index is 13.7. The lowest BCUT2D eigenvalue weighted by atomic mass is 10.0. The van der Waals surface area contributed by atoms with Crippen molar-refractivity contribution in [3.63, 3.8) is 0 Å². The number of pyridine rings is 1. The number of ketones is 1. The van der Waals surface area contributed by atoms with Crippen molar-refractivity contribution in [1.29, 1.82) is 0 Å². The van der Waals surface area contributed by atoms with Gasteiger partial charge in [-0.05, 0) is 62.2 Å². The summed E-state index contributed by atoms with van der Waals surface area (Å²) in [6.07, 6.45) is 5.73. The van der Waals surface area contributed by atoms with Crippen molar-refractivity contribution in [3.05, 3.63) is 90.3 Å². The molecule has 42 heavy (non-hydrogen) atoms. The van der Waals surface area contributed by atoms with E-state index >= 15 is 0 Å². The highest BCUT2D eigenvalue weighted by Gasteiger charge is 2.28. The van der Waals surface area contributed by atoms with Gasteiger partial charge < -0.3 is 14.2 Å². The zero-order valence-corrected chi connectivity index (χ0v) is 22.8. The SMILES string of the molecule is CCOC(=O)N1CCC(n2cnc(-c3ccc(F)cc3)c2-c2ccc3nc(CC(=O)c4ccnc(F)c4)cn3n2)CC1. The van der Waals surface area contributed by atoms with E-state index in [2.05, 4.69) is 14.5 Å². The van der Waals surface area contributed by atoms with Crippen molar-refractivity contribution in [2.24, 2.45) is 0 Å². The Balaban J connectivity index is 1.33. The zero-order valence-electron chi connectivity index (χ0n) is 22.8.